The number of hydrogen-bond donors (Lipinski definition) is 1. The number of rotatable bonds is 3. The van der Waals surface area contributed by atoms with Crippen LogP contribution >= 0.6 is 0 Å². The Morgan fingerprint density at radius 1 is 1.36 bits per heavy atom. The third-order valence-corrected chi connectivity index (χ3v) is 2.63. The van der Waals surface area contributed by atoms with Crippen LogP contribution in [0, 0.1) is 5.92 Å². The molecule has 0 aromatic rings. The molecule has 66 valence electrons. The van der Waals surface area contributed by atoms with E-state index in [4.69, 9.17) is 0 Å². The van der Waals surface area contributed by atoms with Crippen molar-refractivity contribution in [2.45, 2.75) is 32.6 Å². The maximum atomic E-state index is 3.20. The molecule has 0 aromatic carbocycles. The standard InChI is InChI=1S/C9H20N2/c1-3-4-9-5-7-11(10-2)8-6-9/h9-10H,3-8H2,1-2H3. The summed E-state index contributed by atoms with van der Waals surface area (Å²) in [4.78, 5) is 0. The van der Waals surface area contributed by atoms with Crippen LogP contribution in [0.5, 0.6) is 0 Å². The average Bonchev–Trinajstić information content (AvgIpc) is 2.07. The first-order chi connectivity index (χ1) is 5.36. The highest BCUT2D eigenvalue weighted by molar-refractivity contribution is 4.68. The molecule has 0 atom stereocenters. The lowest BCUT2D eigenvalue weighted by Gasteiger charge is -2.30. The number of nitrogens with zero attached hydrogens (tertiary/aromatic N) is 1. The molecule has 11 heavy (non-hydrogen) atoms. The molecule has 1 heterocycles. The van der Waals surface area contributed by atoms with Gasteiger partial charge in [-0.05, 0) is 25.8 Å². The van der Waals surface area contributed by atoms with E-state index in [1.165, 1.54) is 38.8 Å². The highest BCUT2D eigenvalue weighted by Crippen LogP contribution is 2.20. The Morgan fingerprint density at radius 2 is 2.00 bits per heavy atom. The molecule has 1 N–H and O–H groups in total. The monoisotopic (exact) mass is 156 g/mol. The summed E-state index contributed by atoms with van der Waals surface area (Å²) in [5.41, 5.74) is 3.20. The molecule has 0 aromatic heterocycles. The van der Waals surface area contributed by atoms with Crippen LogP contribution in [0.3, 0.4) is 0 Å². The minimum Gasteiger partial charge on any atom is -0.258 e. The van der Waals surface area contributed by atoms with E-state index < -0.39 is 0 Å². The van der Waals surface area contributed by atoms with Crippen LogP contribution in [0.1, 0.15) is 32.6 Å². The molecule has 0 spiro atoms. The van der Waals surface area contributed by atoms with Crippen LogP contribution in [0.4, 0.5) is 0 Å². The molecule has 0 aliphatic carbocycles. The van der Waals surface area contributed by atoms with Crippen LogP contribution in [0.25, 0.3) is 0 Å². The molecular weight excluding hydrogens is 136 g/mol. The molecule has 0 amide bonds. The first kappa shape index (κ1) is 9.01. The van der Waals surface area contributed by atoms with Gasteiger partial charge >= 0.3 is 0 Å². The maximum absolute atomic E-state index is 3.20. The van der Waals surface area contributed by atoms with E-state index in [0.717, 1.165) is 5.92 Å². The molecule has 1 aliphatic heterocycles. The van der Waals surface area contributed by atoms with Crippen molar-refractivity contribution in [3.05, 3.63) is 0 Å². The lowest BCUT2D eigenvalue weighted by Crippen LogP contribution is -2.41. The number of piperidine rings is 1. The SMILES string of the molecule is CCCC1CCN(NC)CC1. The Kier molecular flexibility index (Phi) is 3.87. The summed E-state index contributed by atoms with van der Waals surface area (Å²) >= 11 is 0. The van der Waals surface area contributed by atoms with Gasteiger partial charge in [0.1, 0.15) is 0 Å². The Morgan fingerprint density at radius 3 is 2.45 bits per heavy atom. The quantitative estimate of drug-likeness (QED) is 0.668. The Labute approximate surface area is 69.9 Å². The first-order valence-corrected chi connectivity index (χ1v) is 4.79. The van der Waals surface area contributed by atoms with Gasteiger partial charge in [0, 0.05) is 13.1 Å². The van der Waals surface area contributed by atoms with Crippen molar-refractivity contribution in [1.29, 1.82) is 0 Å². The van der Waals surface area contributed by atoms with Gasteiger partial charge in [-0.25, -0.2) is 5.01 Å². The minimum atomic E-state index is 1.00. The van der Waals surface area contributed by atoms with Crippen molar-refractivity contribution < 1.29 is 0 Å². The van der Waals surface area contributed by atoms with Gasteiger partial charge in [-0.2, -0.15) is 0 Å². The van der Waals surface area contributed by atoms with Crippen molar-refractivity contribution in [3.63, 3.8) is 0 Å². The second-order valence-electron chi connectivity index (χ2n) is 3.44. The molecule has 1 aliphatic rings. The van der Waals surface area contributed by atoms with E-state index >= 15 is 0 Å². The van der Waals surface area contributed by atoms with Crippen molar-refractivity contribution in [3.8, 4) is 0 Å². The molecule has 0 bridgehead atoms. The summed E-state index contributed by atoms with van der Waals surface area (Å²) in [6, 6.07) is 0. The zero-order valence-corrected chi connectivity index (χ0v) is 7.77. The fourth-order valence-corrected chi connectivity index (χ4v) is 1.85. The fourth-order valence-electron chi connectivity index (χ4n) is 1.85. The van der Waals surface area contributed by atoms with E-state index in [1.807, 2.05) is 7.05 Å². The largest absolute Gasteiger partial charge is 0.258 e. The van der Waals surface area contributed by atoms with E-state index in [1.54, 1.807) is 0 Å². The van der Waals surface area contributed by atoms with Gasteiger partial charge in [-0.1, -0.05) is 19.8 Å². The zero-order chi connectivity index (χ0) is 8.10. The lowest BCUT2D eigenvalue weighted by molar-refractivity contribution is 0.133. The number of nitrogens with one attached hydrogen (secondary N) is 1. The van der Waals surface area contributed by atoms with Gasteiger partial charge in [0.05, 0.1) is 0 Å². The predicted octanol–water partition coefficient (Wildman–Crippen LogP) is 1.63. The molecule has 0 saturated carbocycles. The van der Waals surface area contributed by atoms with Crippen LogP contribution in [0.15, 0.2) is 0 Å². The summed E-state index contributed by atoms with van der Waals surface area (Å²) in [6.07, 6.45) is 5.55. The Hall–Kier alpha value is -0.0800. The van der Waals surface area contributed by atoms with Crippen molar-refractivity contribution in [1.82, 2.24) is 10.4 Å². The first-order valence-electron chi connectivity index (χ1n) is 4.79. The molecule has 1 saturated heterocycles. The smallest absolute Gasteiger partial charge is 0.0133 e. The summed E-state index contributed by atoms with van der Waals surface area (Å²) in [5, 5.41) is 2.31. The van der Waals surface area contributed by atoms with Gasteiger partial charge in [0.2, 0.25) is 0 Å². The summed E-state index contributed by atoms with van der Waals surface area (Å²) < 4.78 is 0. The topological polar surface area (TPSA) is 15.3 Å². The van der Waals surface area contributed by atoms with Crippen LogP contribution in [0.2, 0.25) is 0 Å². The molecule has 2 heteroatoms. The minimum absolute atomic E-state index is 1.00. The molecule has 0 radical (unpaired) electrons. The number of hydrazine groups is 1. The molecule has 1 fully saturated rings. The van der Waals surface area contributed by atoms with Gasteiger partial charge in [0.15, 0.2) is 0 Å². The Balaban J connectivity index is 2.14. The van der Waals surface area contributed by atoms with E-state index in [2.05, 4.69) is 17.4 Å². The van der Waals surface area contributed by atoms with Gasteiger partial charge in [-0.3, -0.25) is 5.43 Å². The van der Waals surface area contributed by atoms with Crippen LogP contribution in [-0.4, -0.2) is 25.1 Å². The molecule has 1 rings (SSSR count). The van der Waals surface area contributed by atoms with E-state index in [9.17, 15) is 0 Å². The van der Waals surface area contributed by atoms with Crippen molar-refractivity contribution >= 4 is 0 Å². The van der Waals surface area contributed by atoms with Gasteiger partial charge < -0.3 is 0 Å². The number of hydrogen-bond acceptors (Lipinski definition) is 2. The van der Waals surface area contributed by atoms with Crippen LogP contribution in [-0.2, 0) is 0 Å². The maximum Gasteiger partial charge on any atom is 0.0133 e. The highest BCUT2D eigenvalue weighted by Gasteiger charge is 2.16. The average molecular weight is 156 g/mol. The zero-order valence-electron chi connectivity index (χ0n) is 7.77. The highest BCUT2D eigenvalue weighted by atomic mass is 15.5. The molecule has 2 nitrogen and oxygen atoms in total. The fraction of sp³-hybridized carbons (Fsp3) is 1.00. The Bertz CT molecular complexity index is 95.7. The van der Waals surface area contributed by atoms with E-state index in [0.29, 0.717) is 0 Å². The third kappa shape index (κ3) is 2.80. The second-order valence-corrected chi connectivity index (χ2v) is 3.44. The summed E-state index contributed by atoms with van der Waals surface area (Å²) in [6.45, 7) is 4.76. The van der Waals surface area contributed by atoms with Crippen LogP contribution < -0.4 is 5.43 Å². The van der Waals surface area contributed by atoms with E-state index in [-0.39, 0.29) is 0 Å². The molecular formula is C9H20N2. The van der Waals surface area contributed by atoms with Gasteiger partial charge in [0.25, 0.3) is 0 Å². The molecule has 0 unspecified atom stereocenters. The summed E-state index contributed by atoms with van der Waals surface area (Å²) in [7, 11) is 2.01. The second kappa shape index (κ2) is 4.73. The third-order valence-electron chi connectivity index (χ3n) is 2.63. The van der Waals surface area contributed by atoms with Crippen molar-refractivity contribution in [2.24, 2.45) is 5.92 Å². The predicted molar refractivity (Wildman–Crippen MR) is 48.3 cm³/mol. The lowest BCUT2D eigenvalue weighted by atomic mass is 9.93. The van der Waals surface area contributed by atoms with Gasteiger partial charge in [-0.15, -0.1) is 0 Å². The van der Waals surface area contributed by atoms with Crippen molar-refractivity contribution in [2.75, 3.05) is 20.1 Å². The summed E-state index contributed by atoms with van der Waals surface area (Å²) in [5.74, 6) is 1.00. The normalized spacial score (nSPS) is 22.4.